The normalized spacial score (nSPS) is 12.9. The predicted octanol–water partition coefficient (Wildman–Crippen LogP) is 5.34. The summed E-state index contributed by atoms with van der Waals surface area (Å²) in [7, 11) is 3.09. The minimum absolute atomic E-state index is 0.0146. The van der Waals surface area contributed by atoms with Crippen LogP contribution in [0.25, 0.3) is 0 Å². The first-order chi connectivity index (χ1) is 15.6. The van der Waals surface area contributed by atoms with Gasteiger partial charge in [0, 0.05) is 38.2 Å². The second-order valence-electron chi connectivity index (χ2n) is 8.05. The highest BCUT2D eigenvalue weighted by atomic mass is 19.4. The van der Waals surface area contributed by atoms with E-state index in [0.717, 1.165) is 30.2 Å². The number of pyridine rings is 2. The fourth-order valence-electron chi connectivity index (χ4n) is 3.68. The lowest BCUT2D eigenvalue weighted by Gasteiger charge is -2.18. The molecule has 1 aromatic carbocycles. The number of aromatic nitrogens is 2. The number of nitrogens with one attached hydrogen (secondary N) is 2. The lowest BCUT2D eigenvalue weighted by molar-refractivity contribution is -0.137. The van der Waals surface area contributed by atoms with Crippen molar-refractivity contribution in [3.05, 3.63) is 83.3 Å². The Bertz CT molecular complexity index is 1240. The van der Waals surface area contributed by atoms with Crippen LogP contribution in [0.1, 0.15) is 27.2 Å². The molecule has 2 N–H and O–H groups in total. The first kappa shape index (κ1) is 22.3. The van der Waals surface area contributed by atoms with Crippen molar-refractivity contribution in [2.24, 2.45) is 0 Å². The smallest absolute Gasteiger partial charge is 0.353 e. The third kappa shape index (κ3) is 4.82. The molecule has 0 bridgehead atoms. The molecule has 0 saturated carbocycles. The van der Waals surface area contributed by atoms with Crippen LogP contribution in [0.4, 0.5) is 36.1 Å². The molecule has 1 aliphatic carbocycles. The van der Waals surface area contributed by atoms with E-state index in [2.05, 4.69) is 27.2 Å². The predicted molar refractivity (Wildman–Crippen MR) is 121 cm³/mol. The first-order valence-electron chi connectivity index (χ1n) is 10.2. The fourth-order valence-corrected chi connectivity index (χ4v) is 3.68. The monoisotopic (exact) mass is 453 g/mol. The van der Waals surface area contributed by atoms with E-state index >= 15 is 0 Å². The standard InChI is InChI=1S/C24H22F3N5O/c1-14-9-15-6-7-17(11-16(15)10-14)30-21-12-20(18(13-29-21)24(25,26)27)31-19-5-4-8-28-22(19)23(33)32(2)3/h4-8,11-13H,1,9-10H2,2-3H3,(H2,29,30,31). The number of hydrogen-bond donors (Lipinski definition) is 2. The van der Waals surface area contributed by atoms with Gasteiger partial charge in [-0.2, -0.15) is 13.2 Å². The molecule has 6 nitrogen and oxygen atoms in total. The van der Waals surface area contributed by atoms with Crippen LogP contribution in [0, 0.1) is 0 Å². The summed E-state index contributed by atoms with van der Waals surface area (Å²) in [4.78, 5) is 21.7. The molecule has 0 fully saturated rings. The fraction of sp³-hybridized carbons (Fsp3) is 0.208. The molecular formula is C24H22F3N5O. The molecule has 0 spiro atoms. The number of carbonyl (C=O) groups excluding carboxylic acids is 1. The molecule has 0 unspecified atom stereocenters. The van der Waals surface area contributed by atoms with Gasteiger partial charge < -0.3 is 15.5 Å². The van der Waals surface area contributed by atoms with Crippen LogP contribution in [-0.2, 0) is 19.0 Å². The van der Waals surface area contributed by atoms with E-state index in [-0.39, 0.29) is 22.9 Å². The van der Waals surface area contributed by atoms with Gasteiger partial charge in [0.15, 0.2) is 5.69 Å². The highest BCUT2D eigenvalue weighted by molar-refractivity contribution is 5.98. The Morgan fingerprint density at radius 2 is 1.79 bits per heavy atom. The van der Waals surface area contributed by atoms with Crippen LogP contribution in [0.15, 0.2) is 60.9 Å². The molecule has 33 heavy (non-hydrogen) atoms. The SMILES string of the molecule is C=C1Cc2ccc(Nc3cc(Nc4cccnc4C(=O)N(C)C)c(C(F)(F)F)cn3)cc2C1. The summed E-state index contributed by atoms with van der Waals surface area (Å²) in [5.74, 6) is -0.203. The highest BCUT2D eigenvalue weighted by Crippen LogP contribution is 2.38. The van der Waals surface area contributed by atoms with Crippen LogP contribution in [0.3, 0.4) is 0 Å². The van der Waals surface area contributed by atoms with Crippen molar-refractivity contribution < 1.29 is 18.0 Å². The Morgan fingerprint density at radius 3 is 2.52 bits per heavy atom. The van der Waals surface area contributed by atoms with Gasteiger partial charge in [0.1, 0.15) is 5.82 Å². The zero-order valence-electron chi connectivity index (χ0n) is 18.1. The molecule has 1 aliphatic rings. The van der Waals surface area contributed by atoms with Crippen LogP contribution < -0.4 is 10.6 Å². The summed E-state index contributed by atoms with van der Waals surface area (Å²) in [6.45, 7) is 4.02. The average Bonchev–Trinajstić information content (AvgIpc) is 3.12. The molecule has 2 aromatic heterocycles. The summed E-state index contributed by atoms with van der Waals surface area (Å²) < 4.78 is 41.1. The zero-order valence-corrected chi connectivity index (χ0v) is 18.1. The number of anilines is 4. The quantitative estimate of drug-likeness (QED) is 0.511. The maximum absolute atomic E-state index is 13.7. The van der Waals surface area contributed by atoms with Crippen molar-refractivity contribution in [1.82, 2.24) is 14.9 Å². The van der Waals surface area contributed by atoms with E-state index in [4.69, 9.17) is 0 Å². The Hall–Kier alpha value is -3.88. The van der Waals surface area contributed by atoms with Gasteiger partial charge in [-0.1, -0.05) is 18.2 Å². The number of benzene rings is 1. The van der Waals surface area contributed by atoms with Gasteiger partial charge in [-0.15, -0.1) is 0 Å². The Labute approximate surface area is 189 Å². The van der Waals surface area contributed by atoms with Gasteiger partial charge in [-0.3, -0.25) is 4.79 Å². The summed E-state index contributed by atoms with van der Waals surface area (Å²) in [6, 6.07) is 10.1. The second kappa shape index (κ2) is 8.57. The molecule has 0 radical (unpaired) electrons. The molecule has 0 aliphatic heterocycles. The summed E-state index contributed by atoms with van der Waals surface area (Å²) >= 11 is 0. The number of alkyl halides is 3. The van der Waals surface area contributed by atoms with Gasteiger partial charge in [0.05, 0.1) is 16.9 Å². The number of amides is 1. The number of allylic oxidation sites excluding steroid dienone is 1. The number of carbonyl (C=O) groups is 1. The molecule has 1 amide bonds. The number of halogens is 3. The molecule has 4 rings (SSSR count). The third-order valence-corrected chi connectivity index (χ3v) is 5.25. The first-order valence-corrected chi connectivity index (χ1v) is 10.2. The van der Waals surface area contributed by atoms with E-state index in [1.807, 2.05) is 18.2 Å². The average molecular weight is 453 g/mol. The Morgan fingerprint density at radius 1 is 1.03 bits per heavy atom. The van der Waals surface area contributed by atoms with Gasteiger partial charge in [0.25, 0.3) is 5.91 Å². The Kier molecular flexibility index (Phi) is 5.80. The van der Waals surface area contributed by atoms with Crippen molar-refractivity contribution in [3.63, 3.8) is 0 Å². The molecule has 0 atom stereocenters. The largest absolute Gasteiger partial charge is 0.419 e. The number of nitrogens with zero attached hydrogens (tertiary/aromatic N) is 3. The van der Waals surface area contributed by atoms with E-state index in [0.29, 0.717) is 5.69 Å². The van der Waals surface area contributed by atoms with Crippen LogP contribution in [0.5, 0.6) is 0 Å². The number of hydrogen-bond acceptors (Lipinski definition) is 5. The topological polar surface area (TPSA) is 70.2 Å². The van der Waals surface area contributed by atoms with E-state index in [1.54, 1.807) is 20.2 Å². The minimum atomic E-state index is -4.64. The van der Waals surface area contributed by atoms with Crippen molar-refractivity contribution in [3.8, 4) is 0 Å². The Balaban J connectivity index is 1.68. The molecule has 9 heteroatoms. The van der Waals surface area contributed by atoms with Crippen molar-refractivity contribution in [1.29, 1.82) is 0 Å². The van der Waals surface area contributed by atoms with E-state index in [9.17, 15) is 18.0 Å². The van der Waals surface area contributed by atoms with Gasteiger partial charge in [0.2, 0.25) is 0 Å². The summed E-state index contributed by atoms with van der Waals surface area (Å²) in [5.41, 5.74) is 3.16. The zero-order chi connectivity index (χ0) is 23.8. The second-order valence-corrected chi connectivity index (χ2v) is 8.05. The van der Waals surface area contributed by atoms with Gasteiger partial charge in [-0.25, -0.2) is 9.97 Å². The van der Waals surface area contributed by atoms with Crippen molar-refractivity contribution in [2.75, 3.05) is 24.7 Å². The van der Waals surface area contributed by atoms with Gasteiger partial charge >= 0.3 is 6.18 Å². The number of fused-ring (bicyclic) bond motifs is 1. The minimum Gasteiger partial charge on any atom is -0.353 e. The maximum atomic E-state index is 13.7. The van der Waals surface area contributed by atoms with E-state index in [1.165, 1.54) is 28.8 Å². The van der Waals surface area contributed by atoms with Crippen molar-refractivity contribution in [2.45, 2.75) is 19.0 Å². The van der Waals surface area contributed by atoms with Crippen LogP contribution in [0.2, 0.25) is 0 Å². The summed E-state index contributed by atoms with van der Waals surface area (Å²) in [6.07, 6.45) is -0.850. The molecule has 3 aromatic rings. The highest BCUT2D eigenvalue weighted by Gasteiger charge is 2.34. The summed E-state index contributed by atoms with van der Waals surface area (Å²) in [5, 5.41) is 5.81. The lowest BCUT2D eigenvalue weighted by atomic mass is 10.1. The van der Waals surface area contributed by atoms with Crippen LogP contribution in [-0.4, -0.2) is 34.9 Å². The molecular weight excluding hydrogens is 431 g/mol. The lowest BCUT2D eigenvalue weighted by Crippen LogP contribution is -2.24. The van der Waals surface area contributed by atoms with Crippen LogP contribution >= 0.6 is 0 Å². The van der Waals surface area contributed by atoms with E-state index < -0.39 is 17.6 Å². The molecule has 170 valence electrons. The molecule has 0 saturated heterocycles. The third-order valence-electron chi connectivity index (χ3n) is 5.25. The number of rotatable bonds is 5. The maximum Gasteiger partial charge on any atom is 0.419 e. The molecule has 2 heterocycles. The van der Waals surface area contributed by atoms with Crippen molar-refractivity contribution >= 4 is 28.8 Å². The van der Waals surface area contributed by atoms with Gasteiger partial charge in [-0.05, 0) is 48.2 Å².